The number of benzene rings is 1. The third-order valence-electron chi connectivity index (χ3n) is 3.40. The predicted octanol–water partition coefficient (Wildman–Crippen LogP) is 1.34. The molecular formula is C14H16N4O. The van der Waals surface area contributed by atoms with E-state index in [1.165, 1.54) is 12.8 Å². The van der Waals surface area contributed by atoms with Gasteiger partial charge in [-0.3, -0.25) is 14.9 Å². The summed E-state index contributed by atoms with van der Waals surface area (Å²) in [6, 6.07) is 11.0. The number of nitrogens with one attached hydrogen (secondary N) is 1. The quantitative estimate of drug-likeness (QED) is 0.492. The molecule has 2 aromatic rings. The zero-order valence-electron chi connectivity index (χ0n) is 10.5. The summed E-state index contributed by atoms with van der Waals surface area (Å²) in [4.78, 5) is 12.0. The van der Waals surface area contributed by atoms with Crippen molar-refractivity contribution in [2.75, 3.05) is 0 Å². The van der Waals surface area contributed by atoms with Crippen LogP contribution in [0.5, 0.6) is 0 Å². The van der Waals surface area contributed by atoms with Crippen LogP contribution in [-0.2, 0) is 4.79 Å². The number of nitrogens with two attached hydrogens (primary N) is 1. The van der Waals surface area contributed by atoms with Gasteiger partial charge >= 0.3 is 0 Å². The van der Waals surface area contributed by atoms with Crippen molar-refractivity contribution in [3.63, 3.8) is 0 Å². The molecule has 1 aliphatic rings. The summed E-state index contributed by atoms with van der Waals surface area (Å²) in [5, 5.41) is 4.52. The van der Waals surface area contributed by atoms with Crippen molar-refractivity contribution in [2.45, 2.75) is 24.8 Å². The Bertz CT molecular complexity index is 574. The van der Waals surface area contributed by atoms with Gasteiger partial charge in [0.2, 0.25) is 0 Å². The molecule has 0 aliphatic heterocycles. The average molecular weight is 256 g/mol. The number of aromatic nitrogens is 2. The lowest BCUT2D eigenvalue weighted by atomic mass is 10.1. The van der Waals surface area contributed by atoms with E-state index in [9.17, 15) is 4.79 Å². The van der Waals surface area contributed by atoms with Crippen molar-refractivity contribution in [3.8, 4) is 0 Å². The van der Waals surface area contributed by atoms with Crippen LogP contribution in [0, 0.1) is 0 Å². The van der Waals surface area contributed by atoms with Crippen LogP contribution in [0.3, 0.4) is 0 Å². The third kappa shape index (κ3) is 2.37. The fourth-order valence-electron chi connectivity index (χ4n) is 2.23. The second-order valence-electron chi connectivity index (χ2n) is 4.82. The molecule has 0 bridgehead atoms. The average Bonchev–Trinajstić information content (AvgIpc) is 3.20. The van der Waals surface area contributed by atoms with Crippen molar-refractivity contribution >= 4 is 5.91 Å². The highest BCUT2D eigenvalue weighted by Gasteiger charge is 2.28. The molecule has 5 nitrogen and oxygen atoms in total. The molecule has 3 rings (SSSR count). The van der Waals surface area contributed by atoms with Gasteiger partial charge in [0.25, 0.3) is 5.91 Å². The second kappa shape index (κ2) is 4.85. The van der Waals surface area contributed by atoms with E-state index in [1.807, 2.05) is 42.6 Å². The standard InChI is InChI=1S/C14H16N4O/c15-16-14(19)13(11-4-2-1-3-5-11)18-9-8-12(17-18)10-6-7-10/h1-5,8-10,13H,6-7,15H2,(H,16,19). The number of hydrogen-bond donors (Lipinski definition) is 2. The fraction of sp³-hybridized carbons (Fsp3) is 0.286. The lowest BCUT2D eigenvalue weighted by Crippen LogP contribution is -2.38. The lowest BCUT2D eigenvalue weighted by Gasteiger charge is -2.16. The summed E-state index contributed by atoms with van der Waals surface area (Å²) in [7, 11) is 0. The molecule has 5 heteroatoms. The number of carbonyl (C=O) groups is 1. The molecule has 98 valence electrons. The Morgan fingerprint density at radius 2 is 2.05 bits per heavy atom. The van der Waals surface area contributed by atoms with Gasteiger partial charge in [-0.25, -0.2) is 5.84 Å². The zero-order valence-corrected chi connectivity index (χ0v) is 10.5. The van der Waals surface area contributed by atoms with Crippen LogP contribution >= 0.6 is 0 Å². The Balaban J connectivity index is 1.96. The van der Waals surface area contributed by atoms with Crippen LogP contribution in [0.4, 0.5) is 0 Å². The van der Waals surface area contributed by atoms with E-state index < -0.39 is 6.04 Å². The van der Waals surface area contributed by atoms with Crippen LogP contribution in [0.15, 0.2) is 42.6 Å². The summed E-state index contributed by atoms with van der Waals surface area (Å²) in [5.41, 5.74) is 4.15. The SMILES string of the molecule is NNC(=O)C(c1ccccc1)n1ccc(C2CC2)n1. The minimum atomic E-state index is -0.515. The molecule has 0 saturated heterocycles. The Labute approximate surface area is 111 Å². The zero-order chi connectivity index (χ0) is 13.2. The molecule has 1 saturated carbocycles. The van der Waals surface area contributed by atoms with E-state index in [0.717, 1.165) is 11.3 Å². The molecule has 3 N–H and O–H groups in total. The Morgan fingerprint density at radius 3 is 2.68 bits per heavy atom. The molecule has 1 heterocycles. The van der Waals surface area contributed by atoms with Crippen LogP contribution in [0.2, 0.25) is 0 Å². The Morgan fingerprint density at radius 1 is 1.32 bits per heavy atom. The first-order chi connectivity index (χ1) is 9.29. The van der Waals surface area contributed by atoms with Gasteiger partial charge in [-0.05, 0) is 24.5 Å². The highest BCUT2D eigenvalue weighted by Crippen LogP contribution is 2.39. The Kier molecular flexibility index (Phi) is 3.05. The van der Waals surface area contributed by atoms with Gasteiger partial charge in [-0.2, -0.15) is 5.10 Å². The predicted molar refractivity (Wildman–Crippen MR) is 71.1 cm³/mol. The molecule has 1 aromatic carbocycles. The number of hydrogen-bond acceptors (Lipinski definition) is 3. The van der Waals surface area contributed by atoms with E-state index in [0.29, 0.717) is 5.92 Å². The number of amides is 1. The van der Waals surface area contributed by atoms with E-state index in [4.69, 9.17) is 5.84 Å². The number of rotatable bonds is 4. The highest BCUT2D eigenvalue weighted by atomic mass is 16.2. The van der Waals surface area contributed by atoms with Crippen molar-refractivity contribution < 1.29 is 4.79 Å². The molecule has 19 heavy (non-hydrogen) atoms. The van der Waals surface area contributed by atoms with Gasteiger partial charge in [0.05, 0.1) is 5.69 Å². The molecule has 0 spiro atoms. The number of nitrogens with zero attached hydrogens (tertiary/aromatic N) is 2. The maximum atomic E-state index is 12.0. The van der Waals surface area contributed by atoms with Crippen molar-refractivity contribution in [1.82, 2.24) is 15.2 Å². The molecule has 1 aromatic heterocycles. The maximum absolute atomic E-state index is 12.0. The van der Waals surface area contributed by atoms with E-state index in [-0.39, 0.29) is 5.91 Å². The largest absolute Gasteiger partial charge is 0.292 e. The van der Waals surface area contributed by atoms with Gasteiger partial charge < -0.3 is 0 Å². The smallest absolute Gasteiger partial charge is 0.263 e. The third-order valence-corrected chi connectivity index (χ3v) is 3.40. The van der Waals surface area contributed by atoms with Gasteiger partial charge in [0.15, 0.2) is 6.04 Å². The minimum absolute atomic E-state index is 0.267. The number of carbonyl (C=O) groups excluding carboxylic acids is 1. The summed E-state index contributed by atoms with van der Waals surface area (Å²) in [6.07, 6.45) is 4.23. The van der Waals surface area contributed by atoms with Crippen molar-refractivity contribution in [1.29, 1.82) is 0 Å². The molecular weight excluding hydrogens is 240 g/mol. The van der Waals surface area contributed by atoms with Crippen molar-refractivity contribution in [3.05, 3.63) is 53.9 Å². The van der Waals surface area contributed by atoms with E-state index >= 15 is 0 Å². The van der Waals surface area contributed by atoms with Crippen molar-refractivity contribution in [2.24, 2.45) is 5.84 Å². The fourth-order valence-corrected chi connectivity index (χ4v) is 2.23. The monoisotopic (exact) mass is 256 g/mol. The van der Waals surface area contributed by atoms with Crippen LogP contribution in [-0.4, -0.2) is 15.7 Å². The molecule has 1 aliphatic carbocycles. The molecule has 1 fully saturated rings. The first kappa shape index (κ1) is 11.9. The summed E-state index contributed by atoms with van der Waals surface area (Å²) in [6.45, 7) is 0. The highest BCUT2D eigenvalue weighted by molar-refractivity contribution is 5.82. The van der Waals surface area contributed by atoms with E-state index in [1.54, 1.807) is 4.68 Å². The molecule has 0 radical (unpaired) electrons. The van der Waals surface area contributed by atoms with Crippen LogP contribution in [0.1, 0.15) is 36.1 Å². The maximum Gasteiger partial charge on any atom is 0.263 e. The van der Waals surface area contributed by atoms with E-state index in [2.05, 4.69) is 10.5 Å². The number of hydrazine groups is 1. The van der Waals surface area contributed by atoms with Crippen LogP contribution in [0.25, 0.3) is 0 Å². The van der Waals surface area contributed by atoms with Gasteiger partial charge in [0.1, 0.15) is 0 Å². The summed E-state index contributed by atoms with van der Waals surface area (Å²) in [5.74, 6) is 5.59. The van der Waals surface area contributed by atoms with Crippen LogP contribution < -0.4 is 11.3 Å². The van der Waals surface area contributed by atoms with Gasteiger partial charge in [-0.1, -0.05) is 30.3 Å². The summed E-state index contributed by atoms with van der Waals surface area (Å²) < 4.78 is 1.69. The Hall–Kier alpha value is -2.14. The first-order valence-electron chi connectivity index (χ1n) is 6.40. The molecule has 1 amide bonds. The topological polar surface area (TPSA) is 72.9 Å². The minimum Gasteiger partial charge on any atom is -0.292 e. The molecule has 1 atom stereocenters. The normalized spacial score (nSPS) is 16.1. The molecule has 1 unspecified atom stereocenters. The van der Waals surface area contributed by atoms with Gasteiger partial charge in [0, 0.05) is 12.1 Å². The first-order valence-corrected chi connectivity index (χ1v) is 6.40. The summed E-state index contributed by atoms with van der Waals surface area (Å²) >= 11 is 0. The van der Waals surface area contributed by atoms with Gasteiger partial charge in [-0.15, -0.1) is 0 Å². The lowest BCUT2D eigenvalue weighted by molar-refractivity contribution is -0.123. The second-order valence-corrected chi connectivity index (χ2v) is 4.82.